The minimum absolute atomic E-state index is 0.121. The SMILES string of the molecule is CCc1ccccc1C1(C(=O)O)CC1(C)C. The zero-order valence-corrected chi connectivity index (χ0v) is 10.1. The third kappa shape index (κ3) is 1.29. The van der Waals surface area contributed by atoms with Gasteiger partial charge < -0.3 is 5.11 Å². The van der Waals surface area contributed by atoms with Crippen LogP contribution in [0.1, 0.15) is 38.3 Å². The summed E-state index contributed by atoms with van der Waals surface area (Å²) in [4.78, 5) is 11.6. The molecule has 0 radical (unpaired) electrons. The molecule has 2 rings (SSSR count). The summed E-state index contributed by atoms with van der Waals surface area (Å²) in [5, 5.41) is 9.51. The van der Waals surface area contributed by atoms with Gasteiger partial charge in [-0.3, -0.25) is 4.79 Å². The third-order valence-electron chi connectivity index (χ3n) is 3.96. The van der Waals surface area contributed by atoms with Crippen molar-refractivity contribution in [3.8, 4) is 0 Å². The Kier molecular flexibility index (Phi) is 2.33. The van der Waals surface area contributed by atoms with E-state index in [1.807, 2.05) is 38.1 Å². The van der Waals surface area contributed by atoms with Crippen molar-refractivity contribution in [2.45, 2.75) is 39.0 Å². The second kappa shape index (κ2) is 3.34. The van der Waals surface area contributed by atoms with Crippen molar-refractivity contribution in [2.75, 3.05) is 0 Å². The molecule has 1 fully saturated rings. The predicted octanol–water partition coefficient (Wildman–Crippen LogP) is 3.00. The van der Waals surface area contributed by atoms with Crippen LogP contribution in [-0.4, -0.2) is 11.1 Å². The second-order valence-electron chi connectivity index (χ2n) is 5.28. The molecule has 0 aliphatic heterocycles. The smallest absolute Gasteiger partial charge is 0.314 e. The van der Waals surface area contributed by atoms with Crippen molar-refractivity contribution in [1.29, 1.82) is 0 Å². The molecular weight excluding hydrogens is 200 g/mol. The number of hydrogen-bond acceptors (Lipinski definition) is 1. The van der Waals surface area contributed by atoms with Crippen molar-refractivity contribution < 1.29 is 9.90 Å². The van der Waals surface area contributed by atoms with E-state index in [-0.39, 0.29) is 5.41 Å². The molecule has 1 saturated carbocycles. The van der Waals surface area contributed by atoms with E-state index in [9.17, 15) is 9.90 Å². The zero-order valence-electron chi connectivity index (χ0n) is 10.1. The Morgan fingerprint density at radius 1 is 1.38 bits per heavy atom. The number of carboxylic acids is 1. The molecule has 1 aromatic carbocycles. The molecule has 0 amide bonds. The molecule has 1 aromatic rings. The molecule has 1 N–H and O–H groups in total. The van der Waals surface area contributed by atoms with E-state index in [4.69, 9.17) is 0 Å². The van der Waals surface area contributed by atoms with Crippen LogP contribution in [0.2, 0.25) is 0 Å². The molecule has 1 aliphatic carbocycles. The third-order valence-corrected chi connectivity index (χ3v) is 3.96. The monoisotopic (exact) mass is 218 g/mol. The number of rotatable bonds is 3. The largest absolute Gasteiger partial charge is 0.481 e. The van der Waals surface area contributed by atoms with E-state index >= 15 is 0 Å². The number of benzene rings is 1. The maximum Gasteiger partial charge on any atom is 0.314 e. The average Bonchev–Trinajstić information content (AvgIpc) is 2.83. The van der Waals surface area contributed by atoms with Crippen LogP contribution in [-0.2, 0) is 16.6 Å². The highest BCUT2D eigenvalue weighted by Crippen LogP contribution is 2.65. The summed E-state index contributed by atoms with van der Waals surface area (Å²) in [7, 11) is 0. The van der Waals surface area contributed by atoms with Gasteiger partial charge in [-0.2, -0.15) is 0 Å². The van der Waals surface area contributed by atoms with Gasteiger partial charge in [0.05, 0.1) is 5.41 Å². The Hall–Kier alpha value is -1.31. The molecule has 0 saturated heterocycles. The molecule has 2 heteroatoms. The molecule has 1 unspecified atom stereocenters. The first kappa shape index (κ1) is 11.2. The van der Waals surface area contributed by atoms with Crippen LogP contribution in [0.5, 0.6) is 0 Å². The first-order valence-corrected chi connectivity index (χ1v) is 5.77. The van der Waals surface area contributed by atoms with Gasteiger partial charge >= 0.3 is 5.97 Å². The van der Waals surface area contributed by atoms with E-state index in [0.29, 0.717) is 0 Å². The van der Waals surface area contributed by atoms with Gasteiger partial charge in [0.25, 0.3) is 0 Å². The Labute approximate surface area is 96.3 Å². The van der Waals surface area contributed by atoms with Crippen LogP contribution in [0.4, 0.5) is 0 Å². The maximum absolute atomic E-state index is 11.6. The summed E-state index contributed by atoms with van der Waals surface area (Å²) >= 11 is 0. The van der Waals surface area contributed by atoms with Gasteiger partial charge in [-0.05, 0) is 29.4 Å². The average molecular weight is 218 g/mol. The fourth-order valence-corrected chi connectivity index (χ4v) is 2.80. The summed E-state index contributed by atoms with van der Waals surface area (Å²) in [5.41, 5.74) is 1.40. The summed E-state index contributed by atoms with van der Waals surface area (Å²) in [5.74, 6) is -0.682. The molecule has 0 spiro atoms. The highest BCUT2D eigenvalue weighted by molar-refractivity contribution is 5.87. The van der Waals surface area contributed by atoms with Gasteiger partial charge in [-0.25, -0.2) is 0 Å². The van der Waals surface area contributed by atoms with Crippen LogP contribution < -0.4 is 0 Å². The summed E-state index contributed by atoms with van der Waals surface area (Å²) in [6.07, 6.45) is 1.63. The quantitative estimate of drug-likeness (QED) is 0.846. The molecule has 0 aromatic heterocycles. The summed E-state index contributed by atoms with van der Waals surface area (Å²) in [6, 6.07) is 7.93. The molecule has 86 valence electrons. The fraction of sp³-hybridized carbons (Fsp3) is 0.500. The van der Waals surface area contributed by atoms with Gasteiger partial charge in [0, 0.05) is 0 Å². The standard InChI is InChI=1S/C14H18O2/c1-4-10-7-5-6-8-11(10)14(12(15)16)9-13(14,2)3/h5-8H,4,9H2,1-3H3,(H,15,16). The van der Waals surface area contributed by atoms with Crippen molar-refractivity contribution >= 4 is 5.97 Å². The second-order valence-corrected chi connectivity index (χ2v) is 5.28. The Bertz CT molecular complexity index is 434. The normalized spacial score (nSPS) is 26.4. The number of aliphatic carboxylic acids is 1. The lowest BCUT2D eigenvalue weighted by atomic mass is 9.84. The molecular formula is C14H18O2. The zero-order chi connectivity index (χ0) is 12.0. The number of aryl methyl sites for hydroxylation is 1. The predicted molar refractivity (Wildman–Crippen MR) is 63.5 cm³/mol. The van der Waals surface area contributed by atoms with E-state index in [2.05, 4.69) is 6.92 Å². The van der Waals surface area contributed by atoms with Crippen molar-refractivity contribution in [2.24, 2.45) is 5.41 Å². The Balaban J connectivity index is 2.55. The van der Waals surface area contributed by atoms with Crippen molar-refractivity contribution in [3.05, 3.63) is 35.4 Å². The van der Waals surface area contributed by atoms with E-state index in [1.165, 1.54) is 0 Å². The fourth-order valence-electron chi connectivity index (χ4n) is 2.80. The minimum atomic E-state index is -0.682. The first-order chi connectivity index (χ1) is 7.45. The maximum atomic E-state index is 11.6. The lowest BCUT2D eigenvalue weighted by Gasteiger charge is -2.19. The molecule has 0 heterocycles. The molecule has 1 aliphatic rings. The minimum Gasteiger partial charge on any atom is -0.481 e. The number of carbonyl (C=O) groups is 1. The molecule has 0 bridgehead atoms. The van der Waals surface area contributed by atoms with Crippen molar-refractivity contribution in [1.82, 2.24) is 0 Å². The van der Waals surface area contributed by atoms with Gasteiger partial charge in [-0.1, -0.05) is 45.0 Å². The van der Waals surface area contributed by atoms with Gasteiger partial charge in [0.15, 0.2) is 0 Å². The molecule has 16 heavy (non-hydrogen) atoms. The highest BCUT2D eigenvalue weighted by atomic mass is 16.4. The lowest BCUT2D eigenvalue weighted by Crippen LogP contribution is -2.26. The number of hydrogen-bond donors (Lipinski definition) is 1. The van der Waals surface area contributed by atoms with Gasteiger partial charge in [0.2, 0.25) is 0 Å². The first-order valence-electron chi connectivity index (χ1n) is 5.77. The van der Waals surface area contributed by atoms with Crippen LogP contribution in [0.25, 0.3) is 0 Å². The van der Waals surface area contributed by atoms with Crippen LogP contribution >= 0.6 is 0 Å². The Morgan fingerprint density at radius 3 is 2.38 bits per heavy atom. The topological polar surface area (TPSA) is 37.3 Å². The van der Waals surface area contributed by atoms with Crippen LogP contribution in [0.15, 0.2) is 24.3 Å². The summed E-state index contributed by atoms with van der Waals surface area (Å²) < 4.78 is 0. The van der Waals surface area contributed by atoms with E-state index < -0.39 is 11.4 Å². The molecule has 1 atom stereocenters. The van der Waals surface area contributed by atoms with E-state index in [1.54, 1.807) is 0 Å². The van der Waals surface area contributed by atoms with Crippen LogP contribution in [0, 0.1) is 5.41 Å². The molecule has 2 nitrogen and oxygen atoms in total. The highest BCUT2D eigenvalue weighted by Gasteiger charge is 2.68. The lowest BCUT2D eigenvalue weighted by molar-refractivity contribution is -0.141. The Morgan fingerprint density at radius 2 is 1.94 bits per heavy atom. The van der Waals surface area contributed by atoms with Crippen LogP contribution in [0.3, 0.4) is 0 Å². The summed E-state index contributed by atoms with van der Waals surface area (Å²) in [6.45, 7) is 6.14. The number of carboxylic acid groups (broad SMARTS) is 1. The van der Waals surface area contributed by atoms with Gasteiger partial charge in [0.1, 0.15) is 0 Å². The van der Waals surface area contributed by atoms with E-state index in [0.717, 1.165) is 24.0 Å². The van der Waals surface area contributed by atoms with Gasteiger partial charge in [-0.15, -0.1) is 0 Å². The van der Waals surface area contributed by atoms with Crippen molar-refractivity contribution in [3.63, 3.8) is 0 Å².